The summed E-state index contributed by atoms with van der Waals surface area (Å²) in [6.07, 6.45) is 6.50. The molecule has 1 aliphatic carbocycles. The highest BCUT2D eigenvalue weighted by Gasteiger charge is 2.26. The number of amides is 1. The Labute approximate surface area is 140 Å². The first-order valence-electron chi connectivity index (χ1n) is 8.75. The zero-order valence-corrected chi connectivity index (χ0v) is 14.7. The Balaban J connectivity index is 1.91. The molecule has 2 unspecified atom stereocenters. The molecule has 1 fully saturated rings. The maximum absolute atomic E-state index is 12.4. The molecule has 1 aliphatic rings. The molecule has 0 aliphatic heterocycles. The quantitative estimate of drug-likeness (QED) is 0.848. The van der Waals surface area contributed by atoms with Gasteiger partial charge in [-0.2, -0.15) is 0 Å². The van der Waals surface area contributed by atoms with E-state index in [0.29, 0.717) is 18.5 Å². The molecular weight excluding hydrogens is 286 g/mol. The van der Waals surface area contributed by atoms with Gasteiger partial charge in [-0.1, -0.05) is 49.1 Å². The normalized spacial score (nSPS) is 18.7. The highest BCUT2D eigenvalue weighted by Crippen LogP contribution is 2.28. The molecule has 2 rings (SSSR count). The largest absolute Gasteiger partial charge is 0.353 e. The Morgan fingerprint density at radius 1 is 1.22 bits per heavy atom. The van der Waals surface area contributed by atoms with Gasteiger partial charge in [-0.3, -0.25) is 4.79 Å². The zero-order valence-electron chi connectivity index (χ0n) is 14.7. The number of rotatable bonds is 6. The molecule has 0 heterocycles. The number of benzene rings is 1. The second-order valence-corrected chi connectivity index (χ2v) is 7.06. The number of carbonyl (C=O) groups excluding carboxylic acids is 1. The van der Waals surface area contributed by atoms with Crippen LogP contribution in [0.2, 0.25) is 0 Å². The Morgan fingerprint density at radius 2 is 1.83 bits per heavy atom. The number of likely N-dealkylation sites (N-methyl/N-ethyl adjacent to an activating group) is 1. The average molecular weight is 317 g/mol. The van der Waals surface area contributed by atoms with E-state index in [-0.39, 0.29) is 5.91 Å². The molecule has 1 amide bonds. The lowest BCUT2D eigenvalue weighted by atomic mass is 9.83. The van der Waals surface area contributed by atoms with Gasteiger partial charge in [-0.25, -0.2) is 0 Å². The van der Waals surface area contributed by atoms with Crippen LogP contribution in [0.5, 0.6) is 0 Å². The molecule has 23 heavy (non-hydrogen) atoms. The van der Waals surface area contributed by atoms with Gasteiger partial charge < -0.3 is 16.0 Å². The van der Waals surface area contributed by atoms with Gasteiger partial charge in [0.05, 0.1) is 0 Å². The van der Waals surface area contributed by atoms with E-state index >= 15 is 0 Å². The molecular formula is C19H31N3O. The second kappa shape index (κ2) is 8.46. The lowest BCUT2D eigenvalue weighted by Crippen LogP contribution is -2.47. The minimum atomic E-state index is -0.593. The summed E-state index contributed by atoms with van der Waals surface area (Å²) in [4.78, 5) is 14.6. The monoisotopic (exact) mass is 317 g/mol. The second-order valence-electron chi connectivity index (χ2n) is 7.06. The molecule has 2 atom stereocenters. The van der Waals surface area contributed by atoms with Crippen molar-refractivity contribution in [3.05, 3.63) is 35.4 Å². The van der Waals surface area contributed by atoms with Crippen LogP contribution < -0.4 is 11.1 Å². The predicted octanol–water partition coefficient (Wildman–Crippen LogP) is 2.62. The molecule has 1 saturated carbocycles. The van der Waals surface area contributed by atoms with Gasteiger partial charge in [-0.15, -0.1) is 0 Å². The van der Waals surface area contributed by atoms with Crippen molar-refractivity contribution in [1.29, 1.82) is 0 Å². The summed E-state index contributed by atoms with van der Waals surface area (Å²) >= 11 is 0. The number of hydrogen-bond donors (Lipinski definition) is 2. The van der Waals surface area contributed by atoms with E-state index in [1.807, 2.05) is 31.2 Å². The minimum absolute atomic E-state index is 0.0866. The standard InChI is InChI=1S/C19H31N3O/c1-14-9-11-16(12-10-14)18(20)19(23)21-13-17(22(2)3)15-7-5-4-6-8-15/h9-12,15,17-18H,4-8,13,20H2,1-3H3,(H,21,23). The van der Waals surface area contributed by atoms with Crippen LogP contribution in [0.25, 0.3) is 0 Å². The van der Waals surface area contributed by atoms with E-state index in [1.54, 1.807) is 0 Å². The van der Waals surface area contributed by atoms with Gasteiger partial charge in [-0.05, 0) is 45.3 Å². The fraction of sp³-hybridized carbons (Fsp3) is 0.632. The van der Waals surface area contributed by atoms with Crippen LogP contribution in [0.3, 0.4) is 0 Å². The van der Waals surface area contributed by atoms with E-state index < -0.39 is 6.04 Å². The summed E-state index contributed by atoms with van der Waals surface area (Å²) < 4.78 is 0. The average Bonchev–Trinajstić information content (AvgIpc) is 2.55. The summed E-state index contributed by atoms with van der Waals surface area (Å²) in [5, 5.41) is 3.07. The number of carbonyl (C=O) groups is 1. The van der Waals surface area contributed by atoms with Gasteiger partial charge in [0.2, 0.25) is 5.91 Å². The number of aryl methyl sites for hydroxylation is 1. The van der Waals surface area contributed by atoms with Crippen molar-refractivity contribution in [3.8, 4) is 0 Å². The summed E-state index contributed by atoms with van der Waals surface area (Å²) in [6.45, 7) is 2.71. The molecule has 1 aromatic carbocycles. The molecule has 0 spiro atoms. The molecule has 0 aromatic heterocycles. The maximum Gasteiger partial charge on any atom is 0.241 e. The van der Waals surface area contributed by atoms with Gasteiger partial charge in [0.15, 0.2) is 0 Å². The Hall–Kier alpha value is -1.39. The van der Waals surface area contributed by atoms with Crippen molar-refractivity contribution in [1.82, 2.24) is 10.2 Å². The van der Waals surface area contributed by atoms with Crippen LogP contribution >= 0.6 is 0 Å². The Morgan fingerprint density at radius 3 is 2.39 bits per heavy atom. The van der Waals surface area contributed by atoms with E-state index in [0.717, 1.165) is 5.56 Å². The first-order valence-corrected chi connectivity index (χ1v) is 8.75. The predicted molar refractivity (Wildman–Crippen MR) is 95.2 cm³/mol. The van der Waals surface area contributed by atoms with Gasteiger partial charge >= 0.3 is 0 Å². The van der Waals surface area contributed by atoms with Gasteiger partial charge in [0.1, 0.15) is 6.04 Å². The van der Waals surface area contributed by atoms with E-state index in [9.17, 15) is 4.79 Å². The number of nitrogens with two attached hydrogens (primary N) is 1. The smallest absolute Gasteiger partial charge is 0.241 e. The van der Waals surface area contributed by atoms with Crippen LogP contribution in [0, 0.1) is 12.8 Å². The van der Waals surface area contributed by atoms with Gasteiger partial charge in [0, 0.05) is 12.6 Å². The Bertz CT molecular complexity index is 492. The third kappa shape index (κ3) is 5.05. The van der Waals surface area contributed by atoms with E-state index in [1.165, 1.54) is 37.7 Å². The summed E-state index contributed by atoms with van der Waals surface area (Å²) in [5.74, 6) is 0.589. The highest BCUT2D eigenvalue weighted by molar-refractivity contribution is 5.82. The lowest BCUT2D eigenvalue weighted by Gasteiger charge is -2.35. The van der Waals surface area contributed by atoms with E-state index in [2.05, 4.69) is 24.3 Å². The molecule has 0 bridgehead atoms. The fourth-order valence-corrected chi connectivity index (χ4v) is 3.53. The molecule has 128 valence electrons. The molecule has 0 radical (unpaired) electrons. The Kier molecular flexibility index (Phi) is 6.60. The minimum Gasteiger partial charge on any atom is -0.353 e. The van der Waals surface area contributed by atoms with Crippen LogP contribution in [0.4, 0.5) is 0 Å². The van der Waals surface area contributed by atoms with Crippen LogP contribution in [-0.4, -0.2) is 37.5 Å². The third-order valence-electron chi connectivity index (χ3n) is 5.06. The van der Waals surface area contributed by atoms with Crippen molar-refractivity contribution in [2.45, 2.75) is 51.1 Å². The number of hydrogen-bond acceptors (Lipinski definition) is 3. The first kappa shape index (κ1) is 18.0. The number of nitrogens with one attached hydrogen (secondary N) is 1. The van der Waals surface area contributed by atoms with Crippen molar-refractivity contribution in [2.75, 3.05) is 20.6 Å². The first-order chi connectivity index (χ1) is 11.0. The summed E-state index contributed by atoms with van der Waals surface area (Å²) in [5.41, 5.74) is 8.14. The van der Waals surface area contributed by atoms with E-state index in [4.69, 9.17) is 5.73 Å². The van der Waals surface area contributed by atoms with Crippen molar-refractivity contribution < 1.29 is 4.79 Å². The lowest BCUT2D eigenvalue weighted by molar-refractivity contribution is -0.122. The SMILES string of the molecule is Cc1ccc(C(N)C(=O)NCC(C2CCCCC2)N(C)C)cc1. The highest BCUT2D eigenvalue weighted by atomic mass is 16.2. The van der Waals surface area contributed by atoms with Crippen molar-refractivity contribution in [2.24, 2.45) is 11.7 Å². The maximum atomic E-state index is 12.4. The topological polar surface area (TPSA) is 58.4 Å². The fourth-order valence-electron chi connectivity index (χ4n) is 3.53. The molecule has 4 nitrogen and oxygen atoms in total. The molecule has 4 heteroatoms. The molecule has 1 aromatic rings. The van der Waals surface area contributed by atoms with Gasteiger partial charge in [0.25, 0.3) is 0 Å². The van der Waals surface area contributed by atoms with Crippen LogP contribution in [0.1, 0.15) is 49.3 Å². The van der Waals surface area contributed by atoms with Crippen LogP contribution in [-0.2, 0) is 4.79 Å². The van der Waals surface area contributed by atoms with Crippen molar-refractivity contribution >= 4 is 5.91 Å². The summed E-state index contributed by atoms with van der Waals surface area (Å²) in [6, 6.07) is 7.66. The third-order valence-corrected chi connectivity index (χ3v) is 5.06. The molecule has 3 N–H and O–H groups in total. The molecule has 0 saturated heterocycles. The van der Waals surface area contributed by atoms with Crippen LogP contribution in [0.15, 0.2) is 24.3 Å². The van der Waals surface area contributed by atoms with Crippen molar-refractivity contribution in [3.63, 3.8) is 0 Å². The number of nitrogens with zero attached hydrogens (tertiary/aromatic N) is 1. The zero-order chi connectivity index (χ0) is 16.8. The summed E-state index contributed by atoms with van der Waals surface area (Å²) in [7, 11) is 4.21.